The van der Waals surface area contributed by atoms with E-state index in [1.807, 2.05) is 0 Å². The van der Waals surface area contributed by atoms with Crippen molar-refractivity contribution in [2.45, 2.75) is 30.7 Å². The van der Waals surface area contributed by atoms with Gasteiger partial charge in [0.1, 0.15) is 23.3 Å². The molecule has 0 spiro atoms. The molecular weight excluding hydrogens is 266 g/mol. The van der Waals surface area contributed by atoms with Crippen molar-refractivity contribution in [3.63, 3.8) is 0 Å². The quantitative estimate of drug-likeness (QED) is 0.544. The monoisotopic (exact) mass is 277 g/mol. The minimum atomic E-state index is -1.12. The summed E-state index contributed by atoms with van der Waals surface area (Å²) in [4.78, 5) is 24.8. The smallest absolute Gasteiger partial charge is 0.347 e. The fraction of sp³-hybridized carbons (Fsp3) is 0.667. The van der Waals surface area contributed by atoms with Gasteiger partial charge in [0.05, 0.1) is 6.61 Å². The topological polar surface area (TPSA) is 117 Å². The Morgan fingerprint density at radius 3 is 2.78 bits per heavy atom. The number of aryl methyl sites for hydroxylation is 1. The Morgan fingerprint density at radius 2 is 2.22 bits per heavy atom. The van der Waals surface area contributed by atoms with Crippen LogP contribution in [-0.2, 0) is 4.74 Å². The van der Waals surface area contributed by atoms with Gasteiger partial charge < -0.3 is 14.9 Å². The summed E-state index contributed by atoms with van der Waals surface area (Å²) in [6, 6.07) is 0. The number of nitrogens with zero attached hydrogens (tertiary/aromatic N) is 2. The lowest BCUT2D eigenvalue weighted by Gasteiger charge is -2.15. The van der Waals surface area contributed by atoms with Gasteiger partial charge in [0.15, 0.2) is 6.23 Å². The lowest BCUT2D eigenvalue weighted by molar-refractivity contribution is -0.0506. The van der Waals surface area contributed by atoms with Crippen LogP contribution in [0.5, 0.6) is 0 Å². The van der Waals surface area contributed by atoms with Gasteiger partial charge >= 0.3 is 5.69 Å². The summed E-state index contributed by atoms with van der Waals surface area (Å²) >= 11 is 5.92. The lowest BCUT2D eigenvalue weighted by atomic mass is 10.2. The van der Waals surface area contributed by atoms with Crippen molar-refractivity contribution in [2.24, 2.45) is 0 Å². The number of aliphatic hydroxyl groups is 2. The predicted octanol–water partition coefficient (Wildman–Crippen LogP) is -1.90. The first-order valence-electron chi connectivity index (χ1n) is 5.24. The number of aromatic nitrogens is 3. The Labute approximate surface area is 106 Å². The van der Waals surface area contributed by atoms with Crippen LogP contribution >= 0.6 is 11.6 Å². The molecule has 1 aromatic rings. The van der Waals surface area contributed by atoms with Crippen LogP contribution in [0.15, 0.2) is 9.59 Å². The van der Waals surface area contributed by atoms with E-state index in [4.69, 9.17) is 21.4 Å². The average molecular weight is 278 g/mol. The summed E-state index contributed by atoms with van der Waals surface area (Å²) in [7, 11) is 0. The van der Waals surface area contributed by atoms with Gasteiger partial charge in [0.2, 0.25) is 0 Å². The van der Waals surface area contributed by atoms with Crippen molar-refractivity contribution < 1.29 is 14.9 Å². The maximum atomic E-state index is 11.6. The molecule has 2 rings (SSSR count). The van der Waals surface area contributed by atoms with Gasteiger partial charge in [0, 0.05) is 0 Å². The number of hydrogen-bond acceptors (Lipinski definition) is 6. The third kappa shape index (κ3) is 2.07. The zero-order valence-electron chi connectivity index (χ0n) is 9.41. The Bertz CT molecular complexity index is 556. The highest BCUT2D eigenvalue weighted by molar-refractivity contribution is 6.21. The molecule has 100 valence electrons. The Balaban J connectivity index is 2.42. The van der Waals surface area contributed by atoms with E-state index < -0.39 is 41.7 Å². The predicted molar refractivity (Wildman–Crippen MR) is 60.5 cm³/mol. The summed E-state index contributed by atoms with van der Waals surface area (Å²) in [5.74, 6) is 0. The highest BCUT2D eigenvalue weighted by atomic mass is 35.5. The standard InChI is InChI=1S/C9H12ClN3O5/c1-3-7(16)11-9(17)13(12-3)8-5(10)6(15)4(2-14)18-8/h4-6,8,14-15H,2H2,1H3,(H,11,16,17)/t4-,5+,6-,8-/m1/s1. The van der Waals surface area contributed by atoms with Crippen LogP contribution in [-0.4, -0.2) is 49.2 Å². The Hall–Kier alpha value is -1.22. The number of H-pyrrole nitrogens is 1. The van der Waals surface area contributed by atoms with Gasteiger partial charge in [-0.15, -0.1) is 11.6 Å². The van der Waals surface area contributed by atoms with Crippen LogP contribution in [0.2, 0.25) is 0 Å². The van der Waals surface area contributed by atoms with Crippen LogP contribution in [0.1, 0.15) is 11.9 Å². The van der Waals surface area contributed by atoms with Gasteiger partial charge in [-0.2, -0.15) is 9.78 Å². The van der Waals surface area contributed by atoms with E-state index in [1.165, 1.54) is 6.92 Å². The van der Waals surface area contributed by atoms with Gasteiger partial charge in [-0.3, -0.25) is 9.78 Å². The highest BCUT2D eigenvalue weighted by Crippen LogP contribution is 2.31. The molecule has 0 radical (unpaired) electrons. The number of alkyl halides is 1. The van der Waals surface area contributed by atoms with Crippen LogP contribution in [0.25, 0.3) is 0 Å². The van der Waals surface area contributed by atoms with Crippen molar-refractivity contribution in [2.75, 3.05) is 6.61 Å². The largest absolute Gasteiger partial charge is 0.394 e. The second-order valence-electron chi connectivity index (χ2n) is 3.97. The number of nitrogens with one attached hydrogen (secondary N) is 1. The fourth-order valence-electron chi connectivity index (χ4n) is 1.72. The first-order valence-corrected chi connectivity index (χ1v) is 5.67. The van der Waals surface area contributed by atoms with Crippen LogP contribution in [0.3, 0.4) is 0 Å². The number of hydrogen-bond donors (Lipinski definition) is 3. The van der Waals surface area contributed by atoms with Crippen molar-refractivity contribution in [1.29, 1.82) is 0 Å². The molecule has 8 nitrogen and oxygen atoms in total. The molecule has 18 heavy (non-hydrogen) atoms. The molecule has 1 saturated heterocycles. The molecule has 1 aliphatic heterocycles. The minimum Gasteiger partial charge on any atom is -0.394 e. The summed E-state index contributed by atoms with van der Waals surface area (Å²) in [5.41, 5.74) is -1.31. The molecule has 3 N–H and O–H groups in total. The number of aliphatic hydroxyl groups excluding tert-OH is 2. The summed E-state index contributed by atoms with van der Waals surface area (Å²) in [5, 5.41) is 21.5. The van der Waals surface area contributed by atoms with E-state index >= 15 is 0 Å². The van der Waals surface area contributed by atoms with Crippen molar-refractivity contribution >= 4 is 11.6 Å². The van der Waals surface area contributed by atoms with Crippen molar-refractivity contribution in [3.8, 4) is 0 Å². The molecule has 1 aliphatic rings. The highest BCUT2D eigenvalue weighted by Gasteiger charge is 2.44. The van der Waals surface area contributed by atoms with Gasteiger partial charge in [-0.25, -0.2) is 4.79 Å². The SMILES string of the molecule is Cc1nn([C@@H]2O[C@H](CO)[C@@H](O)[C@@H]2Cl)c(=O)[nH]c1=O. The summed E-state index contributed by atoms with van der Waals surface area (Å²) < 4.78 is 6.10. The molecule has 2 heterocycles. The van der Waals surface area contributed by atoms with E-state index in [0.717, 1.165) is 4.68 Å². The van der Waals surface area contributed by atoms with Crippen LogP contribution < -0.4 is 11.2 Å². The molecule has 0 amide bonds. The number of aromatic amines is 1. The lowest BCUT2D eigenvalue weighted by Crippen LogP contribution is -2.39. The molecule has 0 aliphatic carbocycles. The molecule has 0 bridgehead atoms. The zero-order valence-corrected chi connectivity index (χ0v) is 10.2. The average Bonchev–Trinajstić information content (AvgIpc) is 2.61. The summed E-state index contributed by atoms with van der Waals surface area (Å²) in [6.07, 6.45) is -3.05. The van der Waals surface area contributed by atoms with Gasteiger partial charge in [-0.1, -0.05) is 0 Å². The van der Waals surface area contributed by atoms with Crippen molar-refractivity contribution in [3.05, 3.63) is 26.5 Å². The van der Waals surface area contributed by atoms with Crippen molar-refractivity contribution in [1.82, 2.24) is 14.8 Å². The van der Waals surface area contributed by atoms with E-state index in [1.54, 1.807) is 0 Å². The molecule has 0 saturated carbocycles. The third-order valence-electron chi connectivity index (χ3n) is 2.73. The molecular formula is C9H12ClN3O5. The first kappa shape index (κ1) is 13.2. The maximum Gasteiger partial charge on any atom is 0.347 e. The maximum absolute atomic E-state index is 11.6. The normalized spacial score (nSPS) is 31.8. The van der Waals surface area contributed by atoms with E-state index in [0.29, 0.717) is 0 Å². The molecule has 1 aromatic heterocycles. The second kappa shape index (κ2) is 4.81. The van der Waals surface area contributed by atoms with E-state index in [9.17, 15) is 14.7 Å². The number of rotatable bonds is 2. The van der Waals surface area contributed by atoms with Crippen LogP contribution in [0.4, 0.5) is 0 Å². The Morgan fingerprint density at radius 1 is 1.56 bits per heavy atom. The molecule has 9 heteroatoms. The van der Waals surface area contributed by atoms with Gasteiger partial charge in [0.25, 0.3) is 5.56 Å². The first-order chi connectivity index (χ1) is 8.45. The molecule has 0 aromatic carbocycles. The third-order valence-corrected chi connectivity index (χ3v) is 3.20. The molecule has 1 fully saturated rings. The number of halogens is 1. The Kier molecular flexibility index (Phi) is 3.53. The zero-order chi connectivity index (χ0) is 13.4. The molecule has 0 unspecified atom stereocenters. The van der Waals surface area contributed by atoms with E-state index in [2.05, 4.69) is 10.1 Å². The molecule has 4 atom stereocenters. The number of ether oxygens (including phenoxy) is 1. The van der Waals surface area contributed by atoms with Crippen LogP contribution in [0, 0.1) is 6.92 Å². The second-order valence-corrected chi connectivity index (χ2v) is 4.48. The van der Waals surface area contributed by atoms with Gasteiger partial charge in [-0.05, 0) is 6.92 Å². The summed E-state index contributed by atoms with van der Waals surface area (Å²) in [6.45, 7) is 0.991. The minimum absolute atomic E-state index is 0.0732. The van der Waals surface area contributed by atoms with E-state index in [-0.39, 0.29) is 5.69 Å². The fourth-order valence-corrected chi connectivity index (χ4v) is 2.05.